The highest BCUT2D eigenvalue weighted by molar-refractivity contribution is 6.30. The molecule has 0 bridgehead atoms. The molecule has 0 saturated carbocycles. The highest BCUT2D eigenvalue weighted by atomic mass is 35.5. The topological polar surface area (TPSA) is 107 Å². The number of hydrogen-bond donors (Lipinski definition) is 2. The first-order valence-electron chi connectivity index (χ1n) is 10.8. The summed E-state index contributed by atoms with van der Waals surface area (Å²) < 4.78 is 5.08. The van der Waals surface area contributed by atoms with Crippen LogP contribution in [-0.4, -0.2) is 23.0 Å². The molecule has 168 valence electrons. The van der Waals surface area contributed by atoms with E-state index >= 15 is 0 Å². The van der Waals surface area contributed by atoms with Gasteiger partial charge in [0.1, 0.15) is 6.10 Å². The minimum Gasteiger partial charge on any atom is -0.481 e. The fraction of sp³-hybridized carbons (Fsp3) is 0.609. The van der Waals surface area contributed by atoms with Crippen LogP contribution in [0.2, 0.25) is 5.02 Å². The number of ether oxygens (including phenoxy) is 1. The molecule has 1 aromatic rings. The smallest absolute Gasteiger partial charge is 0.307 e. The number of primary amides is 1. The molecule has 1 unspecified atom stereocenters. The predicted molar refractivity (Wildman–Crippen MR) is 117 cm³/mol. The van der Waals surface area contributed by atoms with Gasteiger partial charge in [-0.15, -0.1) is 0 Å². The van der Waals surface area contributed by atoms with Crippen LogP contribution in [0.5, 0.6) is 0 Å². The molecule has 1 aromatic carbocycles. The van der Waals surface area contributed by atoms with Crippen LogP contribution in [0.3, 0.4) is 0 Å². The van der Waals surface area contributed by atoms with Crippen LogP contribution in [0.15, 0.2) is 24.3 Å². The Labute approximate surface area is 184 Å². The Morgan fingerprint density at radius 3 is 2.07 bits per heavy atom. The summed E-state index contributed by atoms with van der Waals surface area (Å²) >= 11 is 5.75. The maximum Gasteiger partial charge on any atom is 0.307 e. The fourth-order valence-corrected chi connectivity index (χ4v) is 3.47. The Kier molecular flexibility index (Phi) is 12.8. The van der Waals surface area contributed by atoms with E-state index in [1.165, 1.54) is 44.9 Å². The first kappa shape index (κ1) is 26.0. The number of halogens is 1. The lowest BCUT2D eigenvalue weighted by Gasteiger charge is -2.14. The van der Waals surface area contributed by atoms with E-state index in [2.05, 4.69) is 6.92 Å². The van der Waals surface area contributed by atoms with Crippen LogP contribution in [-0.2, 0) is 19.1 Å². The van der Waals surface area contributed by atoms with E-state index in [1.54, 1.807) is 24.3 Å². The Morgan fingerprint density at radius 2 is 1.57 bits per heavy atom. The number of esters is 1. The molecular weight excluding hydrogens is 406 g/mol. The Bertz CT molecular complexity index is 662. The number of carbonyl (C=O) groups is 3. The normalized spacial score (nSPS) is 17.7. The molecule has 6 nitrogen and oxygen atoms in total. The highest BCUT2D eigenvalue weighted by Gasteiger charge is 2.39. The van der Waals surface area contributed by atoms with E-state index in [9.17, 15) is 14.4 Å². The van der Waals surface area contributed by atoms with Crippen molar-refractivity contribution in [1.82, 2.24) is 0 Å². The summed E-state index contributed by atoms with van der Waals surface area (Å²) in [5.41, 5.74) is 5.96. The van der Waals surface area contributed by atoms with E-state index in [1.807, 2.05) is 0 Å². The lowest BCUT2D eigenvalue weighted by molar-refractivity contribution is -0.142. The number of amides is 1. The summed E-state index contributed by atoms with van der Waals surface area (Å²) in [4.78, 5) is 32.5. The van der Waals surface area contributed by atoms with Crippen LogP contribution in [0.1, 0.15) is 89.2 Å². The minimum atomic E-state index is -0.659. The van der Waals surface area contributed by atoms with Crippen molar-refractivity contribution in [3.63, 3.8) is 0 Å². The van der Waals surface area contributed by atoms with Gasteiger partial charge in [0.25, 0.3) is 0 Å². The van der Waals surface area contributed by atoms with Crippen molar-refractivity contribution >= 4 is 29.4 Å². The molecule has 2 atom stereocenters. The molecule has 1 aliphatic heterocycles. The number of carboxylic acids is 1. The second kappa shape index (κ2) is 14.8. The molecule has 0 spiro atoms. The van der Waals surface area contributed by atoms with Crippen molar-refractivity contribution in [2.24, 2.45) is 11.7 Å². The van der Waals surface area contributed by atoms with Gasteiger partial charge in [0, 0.05) is 11.4 Å². The lowest BCUT2D eigenvalue weighted by Crippen LogP contribution is -2.25. The fourth-order valence-electron chi connectivity index (χ4n) is 3.35. The zero-order chi connectivity index (χ0) is 22.4. The van der Waals surface area contributed by atoms with Gasteiger partial charge < -0.3 is 15.6 Å². The van der Waals surface area contributed by atoms with Crippen molar-refractivity contribution in [2.45, 2.75) is 83.7 Å². The summed E-state index contributed by atoms with van der Waals surface area (Å²) in [5, 5.41) is 9.00. The van der Waals surface area contributed by atoms with Gasteiger partial charge in [0.15, 0.2) is 0 Å². The third kappa shape index (κ3) is 10.6. The Morgan fingerprint density at radius 1 is 1.03 bits per heavy atom. The monoisotopic (exact) mass is 439 g/mol. The standard InChI is InChI=1S/C12H24O2.C11H10ClNO3/c1-2-3-4-5-6-7-8-9-10-11-12(13)14;12-7-3-1-6(2-4-7)10-8(11(13)15)5-9(14)16-10/h2-11H2,1H3,(H,13,14);1-4,8,10H,5H2,(H2,13,15)/t;8-,10?/m.0/s1. The average molecular weight is 440 g/mol. The number of carbonyl (C=O) groups excluding carboxylic acids is 2. The van der Waals surface area contributed by atoms with Crippen LogP contribution in [0.4, 0.5) is 0 Å². The average Bonchev–Trinajstić information content (AvgIpc) is 3.10. The van der Waals surface area contributed by atoms with Crippen molar-refractivity contribution in [3.8, 4) is 0 Å². The lowest BCUT2D eigenvalue weighted by atomic mass is 9.95. The molecule has 3 N–H and O–H groups in total. The van der Waals surface area contributed by atoms with Gasteiger partial charge in [0.05, 0.1) is 12.3 Å². The van der Waals surface area contributed by atoms with Gasteiger partial charge in [-0.2, -0.15) is 0 Å². The third-order valence-corrected chi connectivity index (χ3v) is 5.32. The van der Waals surface area contributed by atoms with Crippen LogP contribution in [0.25, 0.3) is 0 Å². The minimum absolute atomic E-state index is 0.0443. The molecule has 1 saturated heterocycles. The summed E-state index contributed by atoms with van der Waals surface area (Å²) in [6, 6.07) is 6.81. The number of benzene rings is 1. The van der Waals surface area contributed by atoms with E-state index in [-0.39, 0.29) is 6.42 Å². The van der Waals surface area contributed by atoms with Crippen LogP contribution >= 0.6 is 11.6 Å². The van der Waals surface area contributed by atoms with Gasteiger partial charge in [0.2, 0.25) is 5.91 Å². The SMILES string of the molecule is CCCCCCCCCCCC(=O)O.NC(=O)[C@H]1CC(=O)OC1c1ccc(Cl)cc1. The summed E-state index contributed by atoms with van der Waals surface area (Å²) in [6.07, 6.45) is 10.9. The number of nitrogens with two attached hydrogens (primary N) is 1. The van der Waals surface area contributed by atoms with Gasteiger partial charge in [-0.05, 0) is 24.1 Å². The third-order valence-electron chi connectivity index (χ3n) is 5.07. The maximum atomic E-state index is 11.2. The van der Waals surface area contributed by atoms with Crippen molar-refractivity contribution in [1.29, 1.82) is 0 Å². The molecular formula is C23H34ClNO5. The maximum absolute atomic E-state index is 11.2. The van der Waals surface area contributed by atoms with Crippen molar-refractivity contribution in [3.05, 3.63) is 34.9 Å². The second-order valence-electron chi connectivity index (χ2n) is 7.65. The molecule has 2 rings (SSSR count). The first-order chi connectivity index (χ1) is 14.3. The van der Waals surface area contributed by atoms with E-state index in [0.717, 1.165) is 18.4 Å². The van der Waals surface area contributed by atoms with E-state index in [0.29, 0.717) is 11.4 Å². The Balaban J connectivity index is 0.000000304. The zero-order valence-corrected chi connectivity index (χ0v) is 18.5. The van der Waals surface area contributed by atoms with Crippen molar-refractivity contribution in [2.75, 3.05) is 0 Å². The van der Waals surface area contributed by atoms with Crippen molar-refractivity contribution < 1.29 is 24.2 Å². The zero-order valence-electron chi connectivity index (χ0n) is 17.8. The molecule has 1 fully saturated rings. The second-order valence-corrected chi connectivity index (χ2v) is 8.08. The summed E-state index contributed by atoms with van der Waals surface area (Å²) in [6.45, 7) is 2.23. The summed E-state index contributed by atoms with van der Waals surface area (Å²) in [5.74, 6) is -2.17. The van der Waals surface area contributed by atoms with Gasteiger partial charge in [-0.3, -0.25) is 14.4 Å². The van der Waals surface area contributed by atoms with E-state index < -0.39 is 29.9 Å². The van der Waals surface area contributed by atoms with Gasteiger partial charge in [-0.1, -0.05) is 82.0 Å². The van der Waals surface area contributed by atoms with Gasteiger partial charge >= 0.3 is 11.9 Å². The number of cyclic esters (lactones) is 1. The molecule has 30 heavy (non-hydrogen) atoms. The predicted octanol–water partition coefficient (Wildman–Crippen LogP) is 5.42. The number of hydrogen-bond acceptors (Lipinski definition) is 4. The number of unbranched alkanes of at least 4 members (excludes halogenated alkanes) is 8. The largest absolute Gasteiger partial charge is 0.481 e. The number of carboxylic acid groups (broad SMARTS) is 1. The van der Waals surface area contributed by atoms with Gasteiger partial charge in [-0.25, -0.2) is 0 Å². The highest BCUT2D eigenvalue weighted by Crippen LogP contribution is 2.35. The van der Waals surface area contributed by atoms with Crippen LogP contribution < -0.4 is 5.73 Å². The molecule has 7 heteroatoms. The quantitative estimate of drug-likeness (QED) is 0.334. The molecule has 1 amide bonds. The van der Waals surface area contributed by atoms with Crippen LogP contribution in [0, 0.1) is 5.92 Å². The Hall–Kier alpha value is -2.08. The first-order valence-corrected chi connectivity index (χ1v) is 11.2. The molecule has 0 aromatic heterocycles. The number of rotatable bonds is 12. The molecule has 0 aliphatic carbocycles. The molecule has 0 radical (unpaired) electrons. The number of aliphatic carboxylic acids is 1. The molecule has 1 heterocycles. The molecule has 1 aliphatic rings. The van der Waals surface area contributed by atoms with E-state index in [4.69, 9.17) is 27.2 Å². The summed E-state index contributed by atoms with van der Waals surface area (Å²) in [7, 11) is 0.